The summed E-state index contributed by atoms with van der Waals surface area (Å²) in [5.74, 6) is 0. The van der Waals surface area contributed by atoms with E-state index in [1.54, 1.807) is 0 Å². The summed E-state index contributed by atoms with van der Waals surface area (Å²) in [6.07, 6.45) is 3.89. The lowest BCUT2D eigenvalue weighted by atomic mass is 9.81. The van der Waals surface area contributed by atoms with Gasteiger partial charge in [-0.3, -0.25) is 9.97 Å². The molecule has 0 spiro atoms. The highest BCUT2D eigenvalue weighted by Crippen LogP contribution is 2.49. The number of nitrogens with zero attached hydrogens (tertiary/aromatic N) is 2. The highest BCUT2D eigenvalue weighted by atomic mass is 14.8. The topological polar surface area (TPSA) is 25.8 Å². The lowest BCUT2D eigenvalue weighted by Crippen LogP contribution is -2.14. The molecule has 0 bridgehead atoms. The van der Waals surface area contributed by atoms with Crippen LogP contribution in [-0.4, -0.2) is 9.97 Å². The fraction of sp³-hybridized carbons (Fsp3) is 0.0698. The van der Waals surface area contributed by atoms with Crippen LogP contribution in [0.1, 0.15) is 25.0 Å². The van der Waals surface area contributed by atoms with Crippen LogP contribution in [0.2, 0.25) is 0 Å². The zero-order chi connectivity index (χ0) is 30.1. The van der Waals surface area contributed by atoms with Gasteiger partial charge in [0, 0.05) is 34.1 Å². The lowest BCUT2D eigenvalue weighted by molar-refractivity contribution is 0.660. The Labute approximate surface area is 262 Å². The Morgan fingerprint density at radius 1 is 0.422 bits per heavy atom. The molecule has 0 N–H and O–H groups in total. The van der Waals surface area contributed by atoms with E-state index in [0.29, 0.717) is 0 Å². The SMILES string of the molecule is CC1(C)c2ccccc2-c2ccc(-c3ccc4cc(-c5cnc(-c6nccc7ccccc67)c6ccccc56)ccc4c3)cc21. The maximum atomic E-state index is 5.03. The minimum absolute atomic E-state index is 0.0102. The predicted octanol–water partition coefficient (Wildman–Crippen LogP) is 11.2. The van der Waals surface area contributed by atoms with Crippen molar-refractivity contribution in [2.24, 2.45) is 0 Å². The molecule has 0 unspecified atom stereocenters. The molecule has 0 saturated heterocycles. The van der Waals surface area contributed by atoms with Gasteiger partial charge in [-0.15, -0.1) is 0 Å². The monoisotopic (exact) mass is 574 g/mol. The molecule has 1 aliphatic carbocycles. The van der Waals surface area contributed by atoms with Crippen LogP contribution in [0.4, 0.5) is 0 Å². The first-order valence-electron chi connectivity index (χ1n) is 15.6. The van der Waals surface area contributed by atoms with E-state index in [9.17, 15) is 0 Å². The highest BCUT2D eigenvalue weighted by Gasteiger charge is 2.35. The number of benzene rings is 6. The van der Waals surface area contributed by atoms with E-state index in [1.165, 1.54) is 54.9 Å². The summed E-state index contributed by atoms with van der Waals surface area (Å²) in [4.78, 5) is 9.81. The highest BCUT2D eigenvalue weighted by molar-refractivity contribution is 6.07. The number of hydrogen-bond donors (Lipinski definition) is 0. The van der Waals surface area contributed by atoms with Crippen LogP contribution >= 0.6 is 0 Å². The van der Waals surface area contributed by atoms with Crippen LogP contribution in [0.3, 0.4) is 0 Å². The van der Waals surface area contributed by atoms with Crippen LogP contribution in [0.25, 0.3) is 77.1 Å². The third kappa shape index (κ3) is 3.96. The molecule has 2 nitrogen and oxygen atoms in total. The Kier molecular flexibility index (Phi) is 5.58. The van der Waals surface area contributed by atoms with Gasteiger partial charge in [0.1, 0.15) is 0 Å². The molecule has 0 saturated carbocycles. The number of rotatable bonds is 3. The van der Waals surface area contributed by atoms with E-state index in [-0.39, 0.29) is 5.41 Å². The van der Waals surface area contributed by atoms with Crippen molar-refractivity contribution < 1.29 is 0 Å². The van der Waals surface area contributed by atoms with Gasteiger partial charge in [0.2, 0.25) is 0 Å². The van der Waals surface area contributed by atoms with Crippen LogP contribution in [0, 0.1) is 0 Å². The first kappa shape index (κ1) is 25.9. The molecule has 6 aromatic carbocycles. The van der Waals surface area contributed by atoms with Crippen LogP contribution in [0.15, 0.2) is 146 Å². The Morgan fingerprint density at radius 2 is 1.04 bits per heavy atom. The fourth-order valence-corrected chi connectivity index (χ4v) is 7.40. The lowest BCUT2D eigenvalue weighted by Gasteiger charge is -2.22. The third-order valence-corrected chi connectivity index (χ3v) is 9.76. The van der Waals surface area contributed by atoms with Gasteiger partial charge in [0.25, 0.3) is 0 Å². The van der Waals surface area contributed by atoms with E-state index < -0.39 is 0 Å². The van der Waals surface area contributed by atoms with Crippen LogP contribution in [-0.2, 0) is 5.41 Å². The molecule has 0 fully saturated rings. The zero-order valence-corrected chi connectivity index (χ0v) is 25.3. The van der Waals surface area contributed by atoms with Crippen molar-refractivity contribution in [3.63, 3.8) is 0 Å². The van der Waals surface area contributed by atoms with Gasteiger partial charge in [0.05, 0.1) is 11.4 Å². The van der Waals surface area contributed by atoms with Crippen molar-refractivity contribution in [2.75, 3.05) is 0 Å². The van der Waals surface area contributed by atoms with Crippen molar-refractivity contribution in [2.45, 2.75) is 19.3 Å². The molecule has 1 aliphatic rings. The summed E-state index contributed by atoms with van der Waals surface area (Å²) in [6, 6.07) is 48.4. The molecule has 0 aliphatic heterocycles. The molecule has 2 aromatic heterocycles. The molecular formula is C43H30N2. The molecular weight excluding hydrogens is 544 g/mol. The number of hydrogen-bond acceptors (Lipinski definition) is 2. The minimum Gasteiger partial charge on any atom is -0.254 e. The standard InChI is InChI=1S/C43H30N2/c1-43(2)39-14-8-7-12-35(39)36-20-19-31(25-40(36)43)29-15-16-30-24-32(18-17-28(30)23-29)38-26-45-42(37-13-6-5-11-34(37)38)41-33-10-4-3-9-27(33)21-22-44-41/h3-26H,1-2H3. The largest absolute Gasteiger partial charge is 0.254 e. The van der Waals surface area contributed by atoms with E-state index in [4.69, 9.17) is 9.97 Å². The quantitative estimate of drug-likeness (QED) is 0.210. The number of pyridine rings is 2. The minimum atomic E-state index is -0.0102. The second-order valence-corrected chi connectivity index (χ2v) is 12.7. The summed E-state index contributed by atoms with van der Waals surface area (Å²) in [7, 11) is 0. The summed E-state index contributed by atoms with van der Waals surface area (Å²) < 4.78 is 0. The van der Waals surface area contributed by atoms with Crippen molar-refractivity contribution >= 4 is 32.3 Å². The maximum absolute atomic E-state index is 5.03. The molecule has 0 atom stereocenters. The Bertz CT molecular complexity index is 2460. The van der Waals surface area contributed by atoms with Crippen molar-refractivity contribution in [1.29, 1.82) is 0 Å². The second-order valence-electron chi connectivity index (χ2n) is 12.7. The second kappa shape index (κ2) is 9.70. The zero-order valence-electron chi connectivity index (χ0n) is 25.3. The molecule has 0 radical (unpaired) electrons. The van der Waals surface area contributed by atoms with Crippen molar-refractivity contribution in [1.82, 2.24) is 9.97 Å². The average molecular weight is 575 g/mol. The van der Waals surface area contributed by atoms with E-state index >= 15 is 0 Å². The van der Waals surface area contributed by atoms with Gasteiger partial charge in [-0.2, -0.15) is 0 Å². The molecule has 9 rings (SSSR count). The van der Waals surface area contributed by atoms with Gasteiger partial charge >= 0.3 is 0 Å². The Morgan fingerprint density at radius 3 is 1.91 bits per heavy atom. The summed E-state index contributed by atoms with van der Waals surface area (Å²) in [5.41, 5.74) is 12.1. The molecule has 2 heterocycles. The molecule has 0 amide bonds. The third-order valence-electron chi connectivity index (χ3n) is 9.76. The van der Waals surface area contributed by atoms with Gasteiger partial charge in [0.15, 0.2) is 0 Å². The molecule has 2 heteroatoms. The molecule has 45 heavy (non-hydrogen) atoms. The van der Waals surface area contributed by atoms with E-state index in [0.717, 1.165) is 33.3 Å². The average Bonchev–Trinajstić information content (AvgIpc) is 3.33. The maximum Gasteiger partial charge on any atom is 0.0971 e. The first-order chi connectivity index (χ1) is 22.1. The van der Waals surface area contributed by atoms with Crippen LogP contribution < -0.4 is 0 Å². The van der Waals surface area contributed by atoms with Gasteiger partial charge < -0.3 is 0 Å². The summed E-state index contributed by atoms with van der Waals surface area (Å²) in [5, 5.41) is 7.01. The normalized spacial score (nSPS) is 13.3. The van der Waals surface area contributed by atoms with Crippen molar-refractivity contribution in [3.8, 4) is 44.8 Å². The van der Waals surface area contributed by atoms with E-state index in [2.05, 4.69) is 147 Å². The summed E-state index contributed by atoms with van der Waals surface area (Å²) in [6.45, 7) is 4.68. The Balaban J connectivity index is 1.12. The smallest absolute Gasteiger partial charge is 0.0971 e. The van der Waals surface area contributed by atoms with Gasteiger partial charge in [-0.1, -0.05) is 123 Å². The summed E-state index contributed by atoms with van der Waals surface area (Å²) >= 11 is 0. The number of fused-ring (bicyclic) bond motifs is 6. The van der Waals surface area contributed by atoms with Crippen LogP contribution in [0.5, 0.6) is 0 Å². The Hall–Kier alpha value is -5.60. The number of aromatic nitrogens is 2. The van der Waals surface area contributed by atoms with Crippen molar-refractivity contribution in [3.05, 3.63) is 157 Å². The van der Waals surface area contributed by atoms with Gasteiger partial charge in [-0.25, -0.2) is 0 Å². The van der Waals surface area contributed by atoms with Gasteiger partial charge in [-0.05, 0) is 84.8 Å². The molecule has 8 aromatic rings. The van der Waals surface area contributed by atoms with E-state index in [1.807, 2.05) is 12.4 Å². The first-order valence-corrected chi connectivity index (χ1v) is 15.6. The fourth-order valence-electron chi connectivity index (χ4n) is 7.40. The predicted molar refractivity (Wildman–Crippen MR) is 188 cm³/mol. The molecule has 212 valence electrons.